The molecule has 10 nitrogen and oxygen atoms in total. The van der Waals surface area contributed by atoms with Crippen LogP contribution in [0.1, 0.15) is 76.6 Å². The van der Waals surface area contributed by atoms with Crippen LogP contribution in [0.4, 0.5) is 21.6 Å². The maximum atomic E-state index is 14.5. The van der Waals surface area contributed by atoms with E-state index in [1.165, 1.54) is 20.0 Å². The summed E-state index contributed by atoms with van der Waals surface area (Å²) >= 11 is 1.55. The smallest absolute Gasteiger partial charge is 0.255 e. The van der Waals surface area contributed by atoms with Crippen molar-refractivity contribution in [3.63, 3.8) is 0 Å². The average Bonchev–Trinajstić information content (AvgIpc) is 3.68. The van der Waals surface area contributed by atoms with Gasteiger partial charge in [0.2, 0.25) is 5.91 Å². The fourth-order valence-corrected chi connectivity index (χ4v) is 6.99. The molecule has 0 radical (unpaired) electrons. The van der Waals surface area contributed by atoms with Crippen molar-refractivity contribution in [3.05, 3.63) is 41.5 Å². The fraction of sp³-hybridized carbons (Fsp3) is 0.562. The summed E-state index contributed by atoms with van der Waals surface area (Å²) in [6.07, 6.45) is 4.96. The quantitative estimate of drug-likeness (QED) is 0.180. The minimum absolute atomic E-state index is 0.0338. The number of carbonyl (C=O) groups is 2. The first-order valence-electron chi connectivity index (χ1n) is 15.3. The number of likely N-dealkylation sites (N-methyl/N-ethyl adjacent to an activating group) is 1. The molecule has 12 heteroatoms. The van der Waals surface area contributed by atoms with E-state index in [1.54, 1.807) is 22.9 Å². The number of benzene rings is 1. The molecule has 2 aliphatic rings. The number of rotatable bonds is 13. The van der Waals surface area contributed by atoms with Crippen LogP contribution in [-0.4, -0.2) is 80.8 Å². The van der Waals surface area contributed by atoms with Crippen LogP contribution in [0.25, 0.3) is 10.2 Å². The van der Waals surface area contributed by atoms with E-state index >= 15 is 0 Å². The van der Waals surface area contributed by atoms with E-state index in [0.717, 1.165) is 54.4 Å². The van der Waals surface area contributed by atoms with E-state index in [0.29, 0.717) is 24.1 Å². The highest BCUT2D eigenvalue weighted by Crippen LogP contribution is 2.52. The molecule has 2 atom stereocenters. The standard InChI is InChI=1S/C32H44FN7O3S/c1-6-20(2)40(5)17-28(41)39-32-11-9-31(18-32,10-12-32)38-24-14-27(37-21-7-8-23-25(13-21)44-19-36-23)34-15-22(24)29(42)35-16-26(33)30(3,4)43/h7-8,13-15,19-20,26,43H,6,9-12,16-18H2,1-5H3,(H,35,42)(H,39,41)(H2,34,37,38). The largest absolute Gasteiger partial charge is 0.387 e. The number of anilines is 3. The molecule has 2 fully saturated rings. The average molecular weight is 626 g/mol. The van der Waals surface area contributed by atoms with Gasteiger partial charge >= 0.3 is 0 Å². The molecular formula is C32H44FN7O3S. The Morgan fingerprint density at radius 3 is 2.59 bits per heavy atom. The van der Waals surface area contributed by atoms with Crippen LogP contribution in [0, 0.1) is 0 Å². The molecule has 2 unspecified atom stereocenters. The van der Waals surface area contributed by atoms with Gasteiger partial charge in [0, 0.05) is 35.1 Å². The SMILES string of the molecule is CCC(C)N(C)CC(=O)NC12CCC(Nc3cc(Nc4ccc5ncsc5c4)ncc3C(=O)NCC(F)C(C)(C)O)(CC1)C2. The third-order valence-electron chi connectivity index (χ3n) is 9.34. The second-order valence-electron chi connectivity index (χ2n) is 13.2. The van der Waals surface area contributed by atoms with Crippen LogP contribution in [-0.2, 0) is 4.79 Å². The van der Waals surface area contributed by atoms with Crippen LogP contribution in [0.5, 0.6) is 0 Å². The first kappa shape index (κ1) is 32.1. The van der Waals surface area contributed by atoms with Gasteiger partial charge in [-0.15, -0.1) is 11.3 Å². The summed E-state index contributed by atoms with van der Waals surface area (Å²) in [4.78, 5) is 37.2. The number of nitrogens with one attached hydrogen (secondary N) is 4. The second kappa shape index (κ2) is 12.6. The van der Waals surface area contributed by atoms with E-state index in [-0.39, 0.29) is 29.1 Å². The molecule has 2 aromatic heterocycles. The van der Waals surface area contributed by atoms with Gasteiger partial charge in [0.15, 0.2) is 0 Å². The zero-order chi connectivity index (χ0) is 31.7. The molecule has 2 aliphatic carbocycles. The second-order valence-corrected chi connectivity index (χ2v) is 14.1. The number of fused-ring (bicyclic) bond motifs is 3. The number of carbonyl (C=O) groups excluding carboxylic acids is 2. The number of hydrogen-bond donors (Lipinski definition) is 5. The molecule has 238 valence electrons. The lowest BCUT2D eigenvalue weighted by atomic mass is 9.90. The Kier molecular flexibility index (Phi) is 9.16. The Morgan fingerprint density at radius 2 is 1.89 bits per heavy atom. The monoisotopic (exact) mass is 625 g/mol. The molecule has 44 heavy (non-hydrogen) atoms. The van der Waals surface area contributed by atoms with Gasteiger partial charge in [0.05, 0.1) is 45.7 Å². The summed E-state index contributed by atoms with van der Waals surface area (Å²) in [5.74, 6) is 0.101. The number of halogens is 1. The van der Waals surface area contributed by atoms with E-state index in [4.69, 9.17) is 0 Å². The first-order valence-corrected chi connectivity index (χ1v) is 16.2. The van der Waals surface area contributed by atoms with Crippen LogP contribution in [0.2, 0.25) is 0 Å². The van der Waals surface area contributed by atoms with E-state index in [9.17, 15) is 19.1 Å². The highest BCUT2D eigenvalue weighted by molar-refractivity contribution is 7.16. The van der Waals surface area contributed by atoms with Crippen LogP contribution in [0.15, 0.2) is 36.0 Å². The lowest BCUT2D eigenvalue weighted by Gasteiger charge is -2.31. The molecule has 2 bridgehead atoms. The summed E-state index contributed by atoms with van der Waals surface area (Å²) in [7, 11) is 1.98. The summed E-state index contributed by atoms with van der Waals surface area (Å²) in [5.41, 5.74) is 2.26. The lowest BCUT2D eigenvalue weighted by molar-refractivity contribution is -0.124. The van der Waals surface area contributed by atoms with Gasteiger partial charge in [-0.25, -0.2) is 14.4 Å². The maximum absolute atomic E-state index is 14.5. The number of aliphatic hydroxyl groups is 1. The van der Waals surface area contributed by atoms with Crippen LogP contribution in [0.3, 0.4) is 0 Å². The number of amides is 2. The highest BCUT2D eigenvalue weighted by atomic mass is 32.1. The minimum atomic E-state index is -1.63. The molecule has 5 rings (SSSR count). The van der Waals surface area contributed by atoms with E-state index < -0.39 is 17.7 Å². The van der Waals surface area contributed by atoms with Crippen molar-refractivity contribution >= 4 is 50.6 Å². The number of pyridine rings is 1. The molecule has 2 amide bonds. The topological polar surface area (TPSA) is 132 Å². The van der Waals surface area contributed by atoms with Crippen molar-refractivity contribution in [2.24, 2.45) is 0 Å². The molecule has 1 aromatic carbocycles. The zero-order valence-corrected chi connectivity index (χ0v) is 27.0. The van der Waals surface area contributed by atoms with E-state index in [1.807, 2.05) is 25.2 Å². The Balaban J connectivity index is 1.35. The van der Waals surface area contributed by atoms with Crippen molar-refractivity contribution in [3.8, 4) is 0 Å². The molecule has 0 saturated heterocycles. The van der Waals surface area contributed by atoms with Gasteiger partial charge in [-0.2, -0.15) is 0 Å². The van der Waals surface area contributed by atoms with Gasteiger partial charge in [-0.3, -0.25) is 14.5 Å². The van der Waals surface area contributed by atoms with Gasteiger partial charge in [-0.05, 0) is 84.5 Å². The Bertz CT molecular complexity index is 1500. The zero-order valence-electron chi connectivity index (χ0n) is 26.2. The predicted molar refractivity (Wildman–Crippen MR) is 173 cm³/mol. The lowest BCUT2D eigenvalue weighted by Crippen LogP contribution is -2.49. The normalized spacial score (nSPS) is 22.6. The van der Waals surface area contributed by atoms with Crippen LogP contribution < -0.4 is 21.3 Å². The van der Waals surface area contributed by atoms with E-state index in [2.05, 4.69) is 50.0 Å². The van der Waals surface area contributed by atoms with Gasteiger partial charge < -0.3 is 26.4 Å². The first-order chi connectivity index (χ1) is 20.8. The Morgan fingerprint density at radius 1 is 1.16 bits per heavy atom. The number of hydrogen-bond acceptors (Lipinski definition) is 9. The van der Waals surface area contributed by atoms with Crippen molar-refractivity contribution < 1.29 is 19.1 Å². The summed E-state index contributed by atoms with van der Waals surface area (Å²) in [6.45, 7) is 7.00. The molecule has 3 aromatic rings. The molecule has 0 aliphatic heterocycles. The highest BCUT2D eigenvalue weighted by Gasteiger charge is 2.55. The third kappa shape index (κ3) is 7.13. The van der Waals surface area contributed by atoms with Gasteiger partial charge in [0.1, 0.15) is 12.0 Å². The maximum Gasteiger partial charge on any atom is 0.255 e. The molecule has 2 heterocycles. The van der Waals surface area contributed by atoms with Crippen molar-refractivity contribution in [2.45, 2.75) is 95.1 Å². The fourth-order valence-electron chi connectivity index (χ4n) is 6.28. The minimum Gasteiger partial charge on any atom is -0.387 e. The number of aromatic nitrogens is 2. The van der Waals surface area contributed by atoms with Crippen molar-refractivity contribution in [1.82, 2.24) is 25.5 Å². The number of alkyl halides is 1. The molecule has 5 N–H and O–H groups in total. The van der Waals surface area contributed by atoms with Gasteiger partial charge in [0.25, 0.3) is 5.91 Å². The molecule has 0 spiro atoms. The van der Waals surface area contributed by atoms with Crippen molar-refractivity contribution in [1.29, 1.82) is 0 Å². The summed E-state index contributed by atoms with van der Waals surface area (Å²) in [5, 5.41) is 23.0. The molecule has 2 saturated carbocycles. The third-order valence-corrected chi connectivity index (χ3v) is 10.1. The predicted octanol–water partition coefficient (Wildman–Crippen LogP) is 4.99. The number of thiazole rings is 1. The molecular weight excluding hydrogens is 581 g/mol. The number of nitrogens with zero attached hydrogens (tertiary/aromatic N) is 3. The van der Waals surface area contributed by atoms with Crippen LogP contribution >= 0.6 is 11.3 Å². The Hall–Kier alpha value is -3.35. The summed E-state index contributed by atoms with van der Waals surface area (Å²) in [6, 6.07) is 8.00. The Labute approximate surface area is 262 Å². The van der Waals surface area contributed by atoms with Gasteiger partial charge in [-0.1, -0.05) is 6.92 Å². The summed E-state index contributed by atoms with van der Waals surface area (Å²) < 4.78 is 15.5. The van der Waals surface area contributed by atoms with Crippen molar-refractivity contribution in [2.75, 3.05) is 30.8 Å².